The van der Waals surface area contributed by atoms with Crippen LogP contribution in [0, 0.1) is 0 Å². The van der Waals surface area contributed by atoms with E-state index in [1.54, 1.807) is 0 Å². The molecule has 6 heteroatoms. The highest BCUT2D eigenvalue weighted by Crippen LogP contribution is 2.14. The Kier molecular flexibility index (Phi) is 53.0. The molecule has 390 valence electrons. The highest BCUT2D eigenvalue weighted by Gasteiger charge is 2.19. The smallest absolute Gasteiger partial charge is 0.306 e. The van der Waals surface area contributed by atoms with Crippen molar-refractivity contribution in [2.75, 3.05) is 13.2 Å². The first-order valence-electron chi connectivity index (χ1n) is 28.1. The van der Waals surface area contributed by atoms with E-state index < -0.39 is 6.10 Å². The first-order chi connectivity index (χ1) is 34.0. The first-order valence-corrected chi connectivity index (χ1v) is 28.1. The average Bonchev–Trinajstić information content (AvgIpc) is 3.35. The number of allylic oxidation sites excluding steroid dienone is 20. The summed E-state index contributed by atoms with van der Waals surface area (Å²) in [4.78, 5) is 38.1. The van der Waals surface area contributed by atoms with Crippen molar-refractivity contribution in [3.05, 3.63) is 122 Å². The standard InChI is InChI=1S/C63H102O6/c1-4-7-10-13-16-19-22-25-27-29-31-33-35-38-41-44-47-50-53-56-62(65)68-59-60(58-67-61(64)55-52-49-46-43-40-37-24-21-18-15-12-9-6-3)69-63(66)57-54-51-48-45-42-39-36-34-32-30-28-26-23-20-17-14-11-8-5-2/h7,9-10,12,15-16,18-19,21,24-25,27,30-33,38,41,47,50,60H,4-6,8,11,13-14,17,20,22-23,26,28-29,34-37,39-40,42-46,48-49,51-59H2,1-3H3/b10-7-,12-9-,18-15-,19-16-,24-21-,27-25-,32-30-,33-31-,41-38-,50-47-. The third-order valence-corrected chi connectivity index (χ3v) is 11.5. The van der Waals surface area contributed by atoms with Gasteiger partial charge in [0.2, 0.25) is 0 Å². The Bertz CT molecular complexity index is 1470. The molecule has 0 fully saturated rings. The van der Waals surface area contributed by atoms with Gasteiger partial charge in [0, 0.05) is 19.3 Å². The van der Waals surface area contributed by atoms with E-state index >= 15 is 0 Å². The van der Waals surface area contributed by atoms with Gasteiger partial charge < -0.3 is 14.2 Å². The van der Waals surface area contributed by atoms with E-state index in [0.717, 1.165) is 103 Å². The van der Waals surface area contributed by atoms with E-state index in [-0.39, 0.29) is 37.5 Å². The van der Waals surface area contributed by atoms with Crippen molar-refractivity contribution in [2.24, 2.45) is 0 Å². The Morgan fingerprint density at radius 2 is 0.667 bits per heavy atom. The first kappa shape index (κ1) is 64.8. The summed E-state index contributed by atoms with van der Waals surface area (Å²) in [7, 11) is 0. The Balaban J connectivity index is 4.52. The second kappa shape index (κ2) is 56.4. The lowest BCUT2D eigenvalue weighted by Gasteiger charge is -2.18. The maximum Gasteiger partial charge on any atom is 0.306 e. The van der Waals surface area contributed by atoms with Crippen LogP contribution in [0.4, 0.5) is 0 Å². The molecule has 0 rings (SSSR count). The molecule has 0 aromatic rings. The molecule has 0 aliphatic rings. The van der Waals surface area contributed by atoms with Gasteiger partial charge in [-0.15, -0.1) is 0 Å². The highest BCUT2D eigenvalue weighted by molar-refractivity contribution is 5.71. The molecule has 0 N–H and O–H groups in total. The predicted molar refractivity (Wildman–Crippen MR) is 297 cm³/mol. The number of hydrogen-bond acceptors (Lipinski definition) is 6. The molecule has 0 aromatic heterocycles. The molecule has 1 unspecified atom stereocenters. The SMILES string of the molecule is CC\C=C/C=C\C=C/CCCCCCCC(=O)OCC(COC(=O)CC/C=C\C/C=C\C/C=C\C/C=C\C/C=C\C/C=C\CC)OC(=O)CCCCCCCCC/C=C\CCCCCCCCCC. The molecular weight excluding hydrogens is 853 g/mol. The number of ether oxygens (including phenoxy) is 3. The minimum Gasteiger partial charge on any atom is -0.462 e. The number of rotatable bonds is 49. The van der Waals surface area contributed by atoms with Gasteiger partial charge in [0.25, 0.3) is 0 Å². The van der Waals surface area contributed by atoms with Gasteiger partial charge in [0.1, 0.15) is 13.2 Å². The van der Waals surface area contributed by atoms with Crippen molar-refractivity contribution in [3.63, 3.8) is 0 Å². The lowest BCUT2D eigenvalue weighted by atomic mass is 10.1. The minimum atomic E-state index is -0.823. The summed E-state index contributed by atoms with van der Waals surface area (Å²) in [5.74, 6) is -1.03. The van der Waals surface area contributed by atoms with Crippen molar-refractivity contribution < 1.29 is 28.6 Å². The topological polar surface area (TPSA) is 78.9 Å². The molecule has 0 aromatic carbocycles. The zero-order valence-electron chi connectivity index (χ0n) is 44.5. The van der Waals surface area contributed by atoms with Gasteiger partial charge in [0.05, 0.1) is 0 Å². The van der Waals surface area contributed by atoms with Crippen LogP contribution in [0.3, 0.4) is 0 Å². The summed E-state index contributed by atoms with van der Waals surface area (Å²) in [6.07, 6.45) is 77.7. The quantitative estimate of drug-likeness (QED) is 0.0199. The van der Waals surface area contributed by atoms with E-state index in [2.05, 4.69) is 136 Å². The molecule has 0 radical (unpaired) electrons. The van der Waals surface area contributed by atoms with Gasteiger partial charge in [0.15, 0.2) is 6.10 Å². The zero-order valence-corrected chi connectivity index (χ0v) is 44.5. The maximum absolute atomic E-state index is 12.9. The van der Waals surface area contributed by atoms with Crippen molar-refractivity contribution in [1.29, 1.82) is 0 Å². The molecule has 0 aliphatic carbocycles. The maximum atomic E-state index is 12.9. The Morgan fingerprint density at radius 3 is 1.13 bits per heavy atom. The number of unbranched alkanes of at least 4 members (excludes halogenated alkanes) is 20. The van der Waals surface area contributed by atoms with Crippen molar-refractivity contribution in [2.45, 2.75) is 245 Å². The van der Waals surface area contributed by atoms with Crippen LogP contribution in [0.5, 0.6) is 0 Å². The van der Waals surface area contributed by atoms with Crippen LogP contribution < -0.4 is 0 Å². The molecule has 0 spiro atoms. The lowest BCUT2D eigenvalue weighted by molar-refractivity contribution is -0.166. The average molecular weight is 956 g/mol. The Labute approximate surface area is 424 Å². The predicted octanol–water partition coefficient (Wildman–Crippen LogP) is 18.9. The van der Waals surface area contributed by atoms with E-state index in [4.69, 9.17) is 14.2 Å². The Morgan fingerprint density at radius 1 is 0.319 bits per heavy atom. The summed E-state index contributed by atoms with van der Waals surface area (Å²) >= 11 is 0. The molecule has 0 saturated carbocycles. The summed E-state index contributed by atoms with van der Waals surface area (Å²) in [5.41, 5.74) is 0. The highest BCUT2D eigenvalue weighted by atomic mass is 16.6. The van der Waals surface area contributed by atoms with Crippen LogP contribution in [-0.2, 0) is 28.6 Å². The molecule has 69 heavy (non-hydrogen) atoms. The van der Waals surface area contributed by atoms with Crippen LogP contribution in [0.1, 0.15) is 239 Å². The third kappa shape index (κ3) is 54.6. The van der Waals surface area contributed by atoms with Gasteiger partial charge in [-0.25, -0.2) is 0 Å². The summed E-state index contributed by atoms with van der Waals surface area (Å²) < 4.78 is 16.8. The largest absolute Gasteiger partial charge is 0.462 e. The van der Waals surface area contributed by atoms with Gasteiger partial charge in [-0.3, -0.25) is 14.4 Å². The van der Waals surface area contributed by atoms with E-state index in [9.17, 15) is 14.4 Å². The molecule has 0 saturated heterocycles. The van der Waals surface area contributed by atoms with Gasteiger partial charge >= 0.3 is 17.9 Å². The van der Waals surface area contributed by atoms with Crippen LogP contribution >= 0.6 is 0 Å². The minimum absolute atomic E-state index is 0.117. The van der Waals surface area contributed by atoms with Gasteiger partial charge in [-0.2, -0.15) is 0 Å². The second-order valence-corrected chi connectivity index (χ2v) is 18.1. The second-order valence-electron chi connectivity index (χ2n) is 18.1. The van der Waals surface area contributed by atoms with Crippen molar-refractivity contribution in [3.8, 4) is 0 Å². The third-order valence-electron chi connectivity index (χ3n) is 11.5. The van der Waals surface area contributed by atoms with Crippen molar-refractivity contribution in [1.82, 2.24) is 0 Å². The van der Waals surface area contributed by atoms with Crippen LogP contribution in [0.2, 0.25) is 0 Å². The lowest BCUT2D eigenvalue weighted by Crippen LogP contribution is -2.30. The fourth-order valence-corrected chi connectivity index (χ4v) is 7.34. The molecule has 1 atom stereocenters. The van der Waals surface area contributed by atoms with Gasteiger partial charge in [-0.05, 0) is 103 Å². The number of hydrogen-bond donors (Lipinski definition) is 0. The molecule has 0 amide bonds. The van der Waals surface area contributed by atoms with Crippen LogP contribution in [-0.4, -0.2) is 37.2 Å². The summed E-state index contributed by atoms with van der Waals surface area (Å²) in [6, 6.07) is 0. The van der Waals surface area contributed by atoms with Crippen LogP contribution in [0.25, 0.3) is 0 Å². The fraction of sp³-hybridized carbons (Fsp3) is 0.635. The molecule has 0 aliphatic heterocycles. The number of esters is 3. The molecular formula is C63H102O6. The van der Waals surface area contributed by atoms with E-state index in [1.807, 2.05) is 6.08 Å². The zero-order chi connectivity index (χ0) is 50.0. The molecule has 0 bridgehead atoms. The molecule has 6 nitrogen and oxygen atoms in total. The van der Waals surface area contributed by atoms with E-state index in [0.29, 0.717) is 19.3 Å². The molecule has 0 heterocycles. The van der Waals surface area contributed by atoms with Crippen LogP contribution in [0.15, 0.2) is 122 Å². The number of carbonyl (C=O) groups excluding carboxylic acids is 3. The number of carbonyl (C=O) groups is 3. The van der Waals surface area contributed by atoms with E-state index in [1.165, 1.54) is 89.9 Å². The summed E-state index contributed by atoms with van der Waals surface area (Å²) in [6.45, 7) is 6.30. The Hall–Kier alpha value is -4.19. The van der Waals surface area contributed by atoms with Gasteiger partial charge in [-0.1, -0.05) is 239 Å². The summed E-state index contributed by atoms with van der Waals surface area (Å²) in [5, 5.41) is 0. The normalized spacial score (nSPS) is 13.0. The van der Waals surface area contributed by atoms with Crippen molar-refractivity contribution >= 4 is 17.9 Å². The fourth-order valence-electron chi connectivity index (χ4n) is 7.34. The monoisotopic (exact) mass is 955 g/mol.